The summed E-state index contributed by atoms with van der Waals surface area (Å²) in [5, 5.41) is 0.494. The van der Waals surface area contributed by atoms with Crippen LogP contribution in [-0.4, -0.2) is 22.3 Å². The molecule has 1 unspecified atom stereocenters. The molecule has 3 aromatic rings. The lowest BCUT2D eigenvalue weighted by Crippen LogP contribution is -2.29. The Bertz CT molecular complexity index is 1100. The standard InChI is InChI=1S/C21H18N2O3/c1-4-8-23-18(14-6-5-7-22-11-14)17-19(24)15-9-12(2)13(3)10-16(15)26-20(17)21(23)25/h4-7,9-11,18H,1,8H2,2-3H3. The van der Waals surface area contributed by atoms with Crippen molar-refractivity contribution in [3.8, 4) is 0 Å². The molecule has 1 aliphatic heterocycles. The van der Waals surface area contributed by atoms with E-state index in [0.29, 0.717) is 23.1 Å². The van der Waals surface area contributed by atoms with Crippen LogP contribution in [0.2, 0.25) is 0 Å². The number of carbonyl (C=O) groups excluding carboxylic acids is 1. The third-order valence-corrected chi connectivity index (χ3v) is 4.91. The molecule has 5 nitrogen and oxygen atoms in total. The first-order valence-electron chi connectivity index (χ1n) is 8.42. The lowest BCUT2D eigenvalue weighted by Gasteiger charge is -2.23. The van der Waals surface area contributed by atoms with E-state index in [0.717, 1.165) is 16.7 Å². The SMILES string of the molecule is C=CCN1C(=O)c2oc3cc(C)c(C)cc3c(=O)c2C1c1cccnc1. The van der Waals surface area contributed by atoms with Gasteiger partial charge < -0.3 is 9.32 Å². The Labute approximate surface area is 150 Å². The zero-order valence-electron chi connectivity index (χ0n) is 14.7. The largest absolute Gasteiger partial charge is 0.450 e. The molecule has 1 aliphatic rings. The van der Waals surface area contributed by atoms with E-state index in [2.05, 4.69) is 11.6 Å². The number of benzene rings is 1. The summed E-state index contributed by atoms with van der Waals surface area (Å²) < 4.78 is 5.92. The molecule has 26 heavy (non-hydrogen) atoms. The molecule has 0 saturated heterocycles. The molecule has 1 atom stereocenters. The number of pyridine rings is 1. The van der Waals surface area contributed by atoms with Crippen LogP contribution in [0.5, 0.6) is 0 Å². The summed E-state index contributed by atoms with van der Waals surface area (Å²) in [5.41, 5.74) is 3.44. The fourth-order valence-corrected chi connectivity index (χ4v) is 3.49. The van der Waals surface area contributed by atoms with Gasteiger partial charge in [-0.05, 0) is 48.7 Å². The number of fused-ring (bicyclic) bond motifs is 2. The fraction of sp³-hybridized carbons (Fsp3) is 0.190. The van der Waals surface area contributed by atoms with Gasteiger partial charge in [-0.3, -0.25) is 14.6 Å². The Morgan fingerprint density at radius 1 is 1.27 bits per heavy atom. The Morgan fingerprint density at radius 2 is 2.04 bits per heavy atom. The second-order valence-corrected chi connectivity index (χ2v) is 6.54. The average molecular weight is 346 g/mol. The van der Waals surface area contributed by atoms with E-state index < -0.39 is 6.04 Å². The quantitative estimate of drug-likeness (QED) is 0.681. The van der Waals surface area contributed by atoms with Gasteiger partial charge in [0.1, 0.15) is 5.58 Å². The summed E-state index contributed by atoms with van der Waals surface area (Å²) in [6, 6.07) is 6.78. The third kappa shape index (κ3) is 2.28. The molecule has 0 radical (unpaired) electrons. The highest BCUT2D eigenvalue weighted by Crippen LogP contribution is 2.37. The van der Waals surface area contributed by atoms with Crippen molar-refractivity contribution in [3.05, 3.63) is 87.6 Å². The maximum absolute atomic E-state index is 13.3. The maximum atomic E-state index is 13.3. The van der Waals surface area contributed by atoms with Crippen LogP contribution < -0.4 is 5.43 Å². The highest BCUT2D eigenvalue weighted by molar-refractivity contribution is 5.99. The van der Waals surface area contributed by atoms with Crippen LogP contribution >= 0.6 is 0 Å². The van der Waals surface area contributed by atoms with Crippen molar-refractivity contribution in [2.24, 2.45) is 0 Å². The summed E-state index contributed by atoms with van der Waals surface area (Å²) in [7, 11) is 0. The molecule has 0 saturated carbocycles. The molecule has 1 aromatic carbocycles. The summed E-state index contributed by atoms with van der Waals surface area (Å²) >= 11 is 0. The van der Waals surface area contributed by atoms with E-state index in [-0.39, 0.29) is 17.1 Å². The molecule has 0 fully saturated rings. The topological polar surface area (TPSA) is 63.4 Å². The first-order chi connectivity index (χ1) is 12.5. The maximum Gasteiger partial charge on any atom is 0.291 e. The van der Waals surface area contributed by atoms with Crippen LogP contribution in [0.15, 0.2) is 58.5 Å². The van der Waals surface area contributed by atoms with Gasteiger partial charge in [-0.2, -0.15) is 0 Å². The molecule has 130 valence electrons. The molecule has 1 amide bonds. The van der Waals surface area contributed by atoms with E-state index in [9.17, 15) is 9.59 Å². The molecule has 5 heteroatoms. The van der Waals surface area contributed by atoms with Crippen molar-refractivity contribution in [2.45, 2.75) is 19.9 Å². The van der Waals surface area contributed by atoms with Crippen molar-refractivity contribution in [1.29, 1.82) is 0 Å². The smallest absolute Gasteiger partial charge is 0.291 e. The Morgan fingerprint density at radius 3 is 2.73 bits per heavy atom. The van der Waals surface area contributed by atoms with Crippen LogP contribution in [0, 0.1) is 13.8 Å². The molecule has 0 spiro atoms. The second kappa shape index (κ2) is 5.95. The minimum absolute atomic E-state index is 0.112. The zero-order valence-corrected chi connectivity index (χ0v) is 14.7. The van der Waals surface area contributed by atoms with Crippen LogP contribution in [0.4, 0.5) is 0 Å². The van der Waals surface area contributed by atoms with Crippen LogP contribution in [0.25, 0.3) is 11.0 Å². The number of rotatable bonds is 3. The van der Waals surface area contributed by atoms with E-state index in [4.69, 9.17) is 4.42 Å². The number of carbonyl (C=O) groups is 1. The minimum Gasteiger partial charge on any atom is -0.450 e. The second-order valence-electron chi connectivity index (χ2n) is 6.54. The van der Waals surface area contributed by atoms with Gasteiger partial charge in [-0.15, -0.1) is 6.58 Å². The van der Waals surface area contributed by atoms with Gasteiger partial charge in [0.15, 0.2) is 5.43 Å². The number of hydrogen-bond acceptors (Lipinski definition) is 4. The first-order valence-corrected chi connectivity index (χ1v) is 8.42. The molecule has 0 N–H and O–H groups in total. The number of amides is 1. The summed E-state index contributed by atoms with van der Waals surface area (Å²) in [6.07, 6.45) is 4.98. The predicted octanol–water partition coefficient (Wildman–Crippen LogP) is 3.54. The number of nitrogens with zero attached hydrogens (tertiary/aromatic N) is 2. The van der Waals surface area contributed by atoms with Gasteiger partial charge in [0.05, 0.1) is 17.0 Å². The van der Waals surface area contributed by atoms with Gasteiger partial charge in [0.2, 0.25) is 5.76 Å². The van der Waals surface area contributed by atoms with Crippen molar-refractivity contribution in [1.82, 2.24) is 9.88 Å². The first kappa shape index (κ1) is 16.3. The number of hydrogen-bond donors (Lipinski definition) is 0. The minimum atomic E-state index is -0.522. The monoisotopic (exact) mass is 346 g/mol. The highest BCUT2D eigenvalue weighted by atomic mass is 16.3. The lowest BCUT2D eigenvalue weighted by molar-refractivity contribution is 0.0748. The number of aryl methyl sites for hydroxylation is 2. The molecule has 2 aromatic heterocycles. The molecular formula is C21H18N2O3. The summed E-state index contributed by atoms with van der Waals surface area (Å²) in [6.45, 7) is 7.95. The van der Waals surface area contributed by atoms with Gasteiger partial charge in [0.25, 0.3) is 5.91 Å². The van der Waals surface area contributed by atoms with Crippen LogP contribution in [-0.2, 0) is 0 Å². The van der Waals surface area contributed by atoms with Gasteiger partial charge in [-0.25, -0.2) is 0 Å². The fourth-order valence-electron chi connectivity index (χ4n) is 3.49. The van der Waals surface area contributed by atoms with Crippen LogP contribution in [0.3, 0.4) is 0 Å². The van der Waals surface area contributed by atoms with E-state index >= 15 is 0 Å². The van der Waals surface area contributed by atoms with Crippen molar-refractivity contribution >= 4 is 16.9 Å². The average Bonchev–Trinajstić information content (AvgIpc) is 2.91. The normalized spacial score (nSPS) is 16.2. The Kier molecular flexibility index (Phi) is 3.72. The summed E-state index contributed by atoms with van der Waals surface area (Å²) in [5.74, 6) is -0.188. The van der Waals surface area contributed by atoms with Gasteiger partial charge >= 0.3 is 0 Å². The molecule has 0 aliphatic carbocycles. The molecule has 0 bridgehead atoms. The highest BCUT2D eigenvalue weighted by Gasteiger charge is 2.42. The van der Waals surface area contributed by atoms with Crippen molar-refractivity contribution < 1.29 is 9.21 Å². The van der Waals surface area contributed by atoms with Crippen LogP contribution in [0.1, 0.15) is 38.9 Å². The van der Waals surface area contributed by atoms with E-state index in [1.54, 1.807) is 29.4 Å². The van der Waals surface area contributed by atoms with Crippen molar-refractivity contribution in [2.75, 3.05) is 6.54 Å². The van der Waals surface area contributed by atoms with Gasteiger partial charge in [-0.1, -0.05) is 12.1 Å². The zero-order chi connectivity index (χ0) is 18.4. The third-order valence-electron chi connectivity index (χ3n) is 4.91. The van der Waals surface area contributed by atoms with Crippen molar-refractivity contribution in [3.63, 3.8) is 0 Å². The molecular weight excluding hydrogens is 328 g/mol. The van der Waals surface area contributed by atoms with E-state index in [1.807, 2.05) is 32.0 Å². The lowest BCUT2D eigenvalue weighted by atomic mass is 9.98. The summed E-state index contributed by atoms with van der Waals surface area (Å²) in [4.78, 5) is 32.0. The van der Waals surface area contributed by atoms with E-state index in [1.165, 1.54) is 0 Å². The molecule has 3 heterocycles. The Hall–Kier alpha value is -3.21. The number of aromatic nitrogens is 1. The molecule has 4 rings (SSSR count). The predicted molar refractivity (Wildman–Crippen MR) is 99.3 cm³/mol. The van der Waals surface area contributed by atoms with Gasteiger partial charge in [0, 0.05) is 18.9 Å². The Balaban J connectivity index is 2.05.